The van der Waals surface area contributed by atoms with Crippen molar-refractivity contribution in [2.24, 2.45) is 0 Å². The lowest BCUT2D eigenvalue weighted by molar-refractivity contribution is 0.166. The van der Waals surface area contributed by atoms with Crippen LogP contribution in [-0.4, -0.2) is 42.7 Å². The van der Waals surface area contributed by atoms with E-state index in [1.54, 1.807) is 25.4 Å². The van der Waals surface area contributed by atoms with Gasteiger partial charge in [0.25, 0.3) is 0 Å². The normalized spacial score (nSPS) is 11.4. The zero-order valence-electron chi connectivity index (χ0n) is 13.9. The monoisotopic (exact) mass is 344 g/mol. The van der Waals surface area contributed by atoms with E-state index in [1.807, 2.05) is 6.07 Å². The predicted molar refractivity (Wildman–Crippen MR) is 93.5 cm³/mol. The lowest BCUT2D eigenvalue weighted by Crippen LogP contribution is -2.35. The molecule has 2 heterocycles. The molecule has 9 nitrogen and oxygen atoms in total. The number of hydrogen-bond donors (Lipinski definition) is 4. The number of aromatic nitrogens is 2. The van der Waals surface area contributed by atoms with Crippen LogP contribution in [0.3, 0.4) is 0 Å². The second kappa shape index (κ2) is 8.60. The number of hydrogen-bond acceptors (Lipinski definition) is 7. The minimum Gasteiger partial charge on any atom is -0.481 e. The summed E-state index contributed by atoms with van der Waals surface area (Å²) in [6.07, 6.45) is 3.01. The van der Waals surface area contributed by atoms with Gasteiger partial charge in [0.15, 0.2) is 0 Å². The Balaban J connectivity index is 2.05. The molecule has 0 aliphatic carbocycles. The van der Waals surface area contributed by atoms with Crippen LogP contribution < -0.4 is 16.4 Å². The van der Waals surface area contributed by atoms with Crippen molar-refractivity contribution in [1.29, 1.82) is 5.41 Å². The Hall–Kier alpha value is -3.20. The van der Waals surface area contributed by atoms with Gasteiger partial charge in [-0.15, -0.1) is 0 Å². The molecule has 0 radical (unpaired) electrons. The van der Waals surface area contributed by atoms with Crippen LogP contribution in [0.4, 0.5) is 16.3 Å². The highest BCUT2D eigenvalue weighted by Gasteiger charge is 2.16. The van der Waals surface area contributed by atoms with Crippen LogP contribution in [0, 0.1) is 5.41 Å². The first-order valence-electron chi connectivity index (χ1n) is 7.41. The standard InChI is InChI=1S/C16H20N6O3/c1-24-9-13(12-5-3-4-6-19-12)21-16(23)22-14-7-11(17)10(8-20-14)15(18)25-2/h3-8,13,18H,9H2,1-2H3,(H4,17,20,21,22,23)/t13-/m1/s1. The smallest absolute Gasteiger partial charge is 0.321 e. The number of rotatable bonds is 6. The summed E-state index contributed by atoms with van der Waals surface area (Å²) in [6.45, 7) is 0.268. The number of urea groups is 1. The number of carbonyl (C=O) groups is 1. The van der Waals surface area contributed by atoms with E-state index in [1.165, 1.54) is 19.4 Å². The summed E-state index contributed by atoms with van der Waals surface area (Å²) in [4.78, 5) is 20.5. The number of methoxy groups -OCH3 is 2. The summed E-state index contributed by atoms with van der Waals surface area (Å²) in [5, 5.41) is 13.0. The Bertz CT molecular complexity index is 738. The third kappa shape index (κ3) is 4.88. The van der Waals surface area contributed by atoms with E-state index < -0.39 is 12.1 Å². The molecule has 132 valence electrons. The topological polar surface area (TPSA) is 135 Å². The molecule has 2 amide bonds. The first-order valence-corrected chi connectivity index (χ1v) is 7.41. The number of nitrogen functional groups attached to an aromatic ring is 1. The number of nitrogens with zero attached hydrogens (tertiary/aromatic N) is 2. The number of nitrogens with one attached hydrogen (secondary N) is 3. The number of anilines is 2. The highest BCUT2D eigenvalue weighted by atomic mass is 16.5. The summed E-state index contributed by atoms with van der Waals surface area (Å²) in [7, 11) is 2.91. The van der Waals surface area contributed by atoms with E-state index in [2.05, 4.69) is 20.6 Å². The zero-order chi connectivity index (χ0) is 18.2. The Kier molecular flexibility index (Phi) is 6.24. The van der Waals surface area contributed by atoms with Gasteiger partial charge >= 0.3 is 6.03 Å². The molecule has 25 heavy (non-hydrogen) atoms. The van der Waals surface area contributed by atoms with Crippen LogP contribution >= 0.6 is 0 Å². The van der Waals surface area contributed by atoms with Crippen molar-refractivity contribution in [1.82, 2.24) is 15.3 Å². The van der Waals surface area contributed by atoms with E-state index in [-0.39, 0.29) is 24.0 Å². The first kappa shape index (κ1) is 18.1. The molecule has 0 aromatic carbocycles. The summed E-state index contributed by atoms with van der Waals surface area (Å²) in [5.74, 6) is 0.149. The van der Waals surface area contributed by atoms with E-state index in [0.29, 0.717) is 11.3 Å². The van der Waals surface area contributed by atoms with Crippen molar-refractivity contribution in [3.8, 4) is 0 Å². The minimum atomic E-state index is -0.478. The molecule has 0 saturated carbocycles. The van der Waals surface area contributed by atoms with Gasteiger partial charge in [-0.2, -0.15) is 0 Å². The molecule has 0 aliphatic rings. The molecule has 2 aromatic heterocycles. The van der Waals surface area contributed by atoms with Crippen molar-refractivity contribution >= 4 is 23.4 Å². The molecule has 0 saturated heterocycles. The molecule has 5 N–H and O–H groups in total. The quantitative estimate of drug-likeness (QED) is 0.464. The molecule has 2 rings (SSSR count). The van der Waals surface area contributed by atoms with Gasteiger partial charge in [-0.1, -0.05) is 6.07 Å². The van der Waals surface area contributed by atoms with Crippen molar-refractivity contribution < 1.29 is 14.3 Å². The van der Waals surface area contributed by atoms with Gasteiger partial charge < -0.3 is 20.5 Å². The summed E-state index contributed by atoms with van der Waals surface area (Å²) >= 11 is 0. The fourth-order valence-corrected chi connectivity index (χ4v) is 2.10. The molecular formula is C16H20N6O3. The second-order valence-electron chi connectivity index (χ2n) is 5.05. The maximum atomic E-state index is 12.2. The highest BCUT2D eigenvalue weighted by Crippen LogP contribution is 2.16. The van der Waals surface area contributed by atoms with Crippen LogP contribution in [0.1, 0.15) is 17.3 Å². The Labute approximate surface area is 145 Å². The van der Waals surface area contributed by atoms with Gasteiger partial charge in [0, 0.05) is 31.3 Å². The number of pyridine rings is 2. The van der Waals surface area contributed by atoms with Gasteiger partial charge in [-0.05, 0) is 12.1 Å². The number of carbonyl (C=O) groups excluding carboxylic acids is 1. The number of nitrogens with two attached hydrogens (primary N) is 1. The first-order chi connectivity index (χ1) is 12.0. The van der Waals surface area contributed by atoms with Crippen molar-refractivity contribution in [2.45, 2.75) is 6.04 Å². The summed E-state index contributed by atoms with van der Waals surface area (Å²) in [5.41, 5.74) is 7.15. The van der Waals surface area contributed by atoms with Gasteiger partial charge in [0.1, 0.15) is 5.82 Å². The van der Waals surface area contributed by atoms with E-state index in [0.717, 1.165) is 0 Å². The minimum absolute atomic E-state index is 0.101. The fraction of sp³-hybridized carbons (Fsp3) is 0.250. The molecule has 0 fully saturated rings. The van der Waals surface area contributed by atoms with E-state index >= 15 is 0 Å². The highest BCUT2D eigenvalue weighted by molar-refractivity contribution is 5.97. The zero-order valence-corrected chi connectivity index (χ0v) is 13.9. The molecule has 1 atom stereocenters. The average Bonchev–Trinajstić information content (AvgIpc) is 2.61. The molecule has 2 aromatic rings. The van der Waals surface area contributed by atoms with E-state index in [4.69, 9.17) is 20.6 Å². The van der Waals surface area contributed by atoms with Crippen molar-refractivity contribution in [2.75, 3.05) is 31.9 Å². The van der Waals surface area contributed by atoms with Gasteiger partial charge in [0.2, 0.25) is 5.90 Å². The second-order valence-corrected chi connectivity index (χ2v) is 5.05. The number of ether oxygens (including phenoxy) is 2. The van der Waals surface area contributed by atoms with Crippen LogP contribution in [0.15, 0.2) is 36.7 Å². The molecule has 0 spiro atoms. The molecule has 0 aliphatic heterocycles. The van der Waals surface area contributed by atoms with Crippen LogP contribution in [0.2, 0.25) is 0 Å². The van der Waals surface area contributed by atoms with Gasteiger partial charge in [0.05, 0.1) is 31.0 Å². The van der Waals surface area contributed by atoms with Crippen molar-refractivity contribution in [3.63, 3.8) is 0 Å². The number of amides is 2. The third-order valence-electron chi connectivity index (χ3n) is 3.31. The van der Waals surface area contributed by atoms with Crippen LogP contribution in [0.5, 0.6) is 0 Å². The average molecular weight is 344 g/mol. The largest absolute Gasteiger partial charge is 0.481 e. The predicted octanol–water partition coefficient (Wildman–Crippen LogP) is 1.54. The SMILES string of the molecule is COC[C@@H](NC(=O)Nc1cc(N)c(C(=N)OC)cn1)c1ccccn1. The molecular weight excluding hydrogens is 324 g/mol. The lowest BCUT2D eigenvalue weighted by atomic mass is 10.2. The molecule has 0 unspecified atom stereocenters. The molecule has 0 bridgehead atoms. The third-order valence-corrected chi connectivity index (χ3v) is 3.31. The van der Waals surface area contributed by atoms with E-state index in [9.17, 15) is 4.79 Å². The maximum absolute atomic E-state index is 12.2. The Morgan fingerprint density at radius 3 is 2.76 bits per heavy atom. The van der Waals surface area contributed by atoms with Gasteiger partial charge in [-0.25, -0.2) is 9.78 Å². The Morgan fingerprint density at radius 1 is 1.36 bits per heavy atom. The fourth-order valence-electron chi connectivity index (χ4n) is 2.10. The maximum Gasteiger partial charge on any atom is 0.321 e. The van der Waals surface area contributed by atoms with Gasteiger partial charge in [-0.3, -0.25) is 15.7 Å². The summed E-state index contributed by atoms with van der Waals surface area (Å²) < 4.78 is 9.94. The summed E-state index contributed by atoms with van der Waals surface area (Å²) in [6, 6.07) is 5.98. The van der Waals surface area contributed by atoms with Crippen LogP contribution in [-0.2, 0) is 9.47 Å². The van der Waals surface area contributed by atoms with Crippen molar-refractivity contribution in [3.05, 3.63) is 47.9 Å². The Morgan fingerprint density at radius 2 is 2.16 bits per heavy atom. The van der Waals surface area contributed by atoms with Crippen LogP contribution in [0.25, 0.3) is 0 Å². The lowest BCUT2D eigenvalue weighted by Gasteiger charge is -2.18. The molecule has 9 heteroatoms.